The zero-order valence-corrected chi connectivity index (χ0v) is 10.8. The Kier molecular flexibility index (Phi) is 5.54. The summed E-state index contributed by atoms with van der Waals surface area (Å²) in [5.74, 6) is 0.604. The molecule has 0 aliphatic rings. The molecular weight excluding hydrogens is 260 g/mol. The average molecular weight is 277 g/mol. The molecule has 0 aliphatic carbocycles. The Hall–Kier alpha value is -1.15. The van der Waals surface area contributed by atoms with Crippen molar-refractivity contribution in [3.8, 4) is 0 Å². The van der Waals surface area contributed by atoms with Gasteiger partial charge in [0.2, 0.25) is 5.95 Å². The summed E-state index contributed by atoms with van der Waals surface area (Å²) in [6.07, 6.45) is 1.39. The molecule has 7 nitrogen and oxygen atoms in total. The summed E-state index contributed by atoms with van der Waals surface area (Å²) in [6.45, 7) is 1.15. The number of nitrogens with zero attached hydrogens (tertiary/aromatic N) is 2. The van der Waals surface area contributed by atoms with Crippen molar-refractivity contribution in [2.24, 2.45) is 0 Å². The number of hydrogen-bond acceptors (Lipinski definition) is 7. The van der Waals surface area contributed by atoms with Crippen LogP contribution in [-0.4, -0.2) is 57.2 Å². The summed E-state index contributed by atoms with van der Waals surface area (Å²) in [7, 11) is 0. The van der Waals surface area contributed by atoms with Crippen LogP contribution < -0.4 is 10.6 Å². The first-order valence-corrected chi connectivity index (χ1v) is 5.85. The largest absolute Gasteiger partial charge is 0.394 e. The molecule has 8 heteroatoms. The number of hydrogen-bond donors (Lipinski definition) is 5. The lowest BCUT2D eigenvalue weighted by Gasteiger charge is -2.29. The quantitative estimate of drug-likeness (QED) is 0.464. The number of nitrogens with one attached hydrogen (secondary N) is 2. The first-order valence-electron chi connectivity index (χ1n) is 5.48. The Morgan fingerprint density at radius 1 is 1.28 bits per heavy atom. The third-order valence-corrected chi connectivity index (χ3v) is 2.65. The molecule has 0 atom stereocenters. The van der Waals surface area contributed by atoms with Gasteiger partial charge in [0.25, 0.3) is 0 Å². The van der Waals surface area contributed by atoms with Crippen molar-refractivity contribution in [2.45, 2.75) is 12.5 Å². The topological polar surface area (TPSA) is 111 Å². The van der Waals surface area contributed by atoms with Crippen molar-refractivity contribution in [3.63, 3.8) is 0 Å². The predicted octanol–water partition coefficient (Wildman–Crippen LogP) is -0.311. The molecule has 0 saturated carbocycles. The summed E-state index contributed by atoms with van der Waals surface area (Å²) < 4.78 is 0. The molecule has 0 bridgehead atoms. The number of halogens is 1. The highest BCUT2D eigenvalue weighted by Gasteiger charge is 2.29. The first kappa shape index (κ1) is 14.9. The fraction of sp³-hybridized carbons (Fsp3) is 0.600. The molecule has 0 unspecified atom stereocenters. The molecule has 1 rings (SSSR count). The monoisotopic (exact) mass is 276 g/mol. The van der Waals surface area contributed by atoms with Gasteiger partial charge in [0, 0.05) is 6.54 Å². The van der Waals surface area contributed by atoms with Crippen molar-refractivity contribution in [2.75, 3.05) is 37.0 Å². The maximum atomic E-state index is 9.22. The van der Waals surface area contributed by atoms with Gasteiger partial charge in [-0.2, -0.15) is 4.98 Å². The minimum atomic E-state index is -1.28. The molecule has 0 aliphatic heterocycles. The van der Waals surface area contributed by atoms with Crippen molar-refractivity contribution in [3.05, 3.63) is 11.2 Å². The number of aromatic nitrogens is 2. The van der Waals surface area contributed by atoms with Crippen LogP contribution in [0.3, 0.4) is 0 Å². The van der Waals surface area contributed by atoms with Crippen molar-refractivity contribution in [1.82, 2.24) is 9.97 Å². The fourth-order valence-corrected chi connectivity index (χ4v) is 1.36. The number of anilines is 2. The Labute approximate surface area is 110 Å². The van der Waals surface area contributed by atoms with E-state index in [-0.39, 0.29) is 10.8 Å². The van der Waals surface area contributed by atoms with Gasteiger partial charge in [0.05, 0.1) is 26.0 Å². The molecule has 0 amide bonds. The van der Waals surface area contributed by atoms with Gasteiger partial charge in [-0.1, -0.05) is 11.6 Å². The number of rotatable bonds is 7. The second-order valence-electron chi connectivity index (χ2n) is 3.80. The zero-order chi connectivity index (χ0) is 13.6. The highest BCUT2D eigenvalue weighted by Crippen LogP contribution is 2.23. The summed E-state index contributed by atoms with van der Waals surface area (Å²) in [4.78, 5) is 8.05. The molecule has 5 N–H and O–H groups in total. The van der Waals surface area contributed by atoms with Gasteiger partial charge in [-0.15, -0.1) is 0 Å². The lowest BCUT2D eigenvalue weighted by molar-refractivity contribution is 0.0831. The Morgan fingerprint density at radius 2 is 1.89 bits per heavy atom. The summed E-state index contributed by atoms with van der Waals surface area (Å²) >= 11 is 5.91. The lowest BCUT2D eigenvalue weighted by atomic mass is 10.0. The normalized spacial score (nSPS) is 11.4. The summed E-state index contributed by atoms with van der Waals surface area (Å²) in [6, 6.07) is 0. The molecule has 0 spiro atoms. The van der Waals surface area contributed by atoms with Crippen LogP contribution in [-0.2, 0) is 0 Å². The minimum Gasteiger partial charge on any atom is -0.394 e. The van der Waals surface area contributed by atoms with E-state index in [1.807, 2.05) is 6.92 Å². The maximum Gasteiger partial charge on any atom is 0.224 e. The smallest absolute Gasteiger partial charge is 0.224 e. The highest BCUT2D eigenvalue weighted by atomic mass is 35.5. The van der Waals surface area contributed by atoms with Crippen LogP contribution in [0.5, 0.6) is 0 Å². The molecule has 18 heavy (non-hydrogen) atoms. The molecule has 0 fully saturated rings. The molecule has 0 aromatic carbocycles. The molecule has 0 saturated heterocycles. The number of aliphatic hydroxyl groups is 3. The molecule has 1 heterocycles. The lowest BCUT2D eigenvalue weighted by Crippen LogP contribution is -2.49. The van der Waals surface area contributed by atoms with Crippen LogP contribution in [0.2, 0.25) is 5.02 Å². The predicted molar refractivity (Wildman–Crippen MR) is 68.8 cm³/mol. The standard InChI is InChI=1S/C10H17ClN4O3/c1-2-12-9-13-3-7(11)8(14-9)15-10(4-16,5-17)6-18/h3,16-18H,2,4-6H2,1H3,(H2,12,13,14,15). The van der Waals surface area contributed by atoms with Crippen LogP contribution in [0.25, 0.3) is 0 Å². The number of aliphatic hydroxyl groups excluding tert-OH is 3. The third kappa shape index (κ3) is 3.42. The van der Waals surface area contributed by atoms with E-state index in [0.717, 1.165) is 0 Å². The Balaban J connectivity index is 2.97. The van der Waals surface area contributed by atoms with E-state index in [0.29, 0.717) is 12.5 Å². The second kappa shape index (κ2) is 6.69. The van der Waals surface area contributed by atoms with Gasteiger partial charge in [-0.05, 0) is 6.92 Å². The van der Waals surface area contributed by atoms with Gasteiger partial charge in [-0.25, -0.2) is 4.98 Å². The zero-order valence-electron chi connectivity index (χ0n) is 10.0. The van der Waals surface area contributed by atoms with E-state index in [1.165, 1.54) is 6.20 Å². The van der Waals surface area contributed by atoms with Crippen molar-refractivity contribution in [1.29, 1.82) is 0 Å². The van der Waals surface area contributed by atoms with E-state index < -0.39 is 25.4 Å². The van der Waals surface area contributed by atoms with Crippen LogP contribution >= 0.6 is 11.6 Å². The molecule has 1 aromatic heterocycles. The van der Waals surface area contributed by atoms with Crippen LogP contribution in [0.15, 0.2) is 6.20 Å². The van der Waals surface area contributed by atoms with E-state index in [9.17, 15) is 15.3 Å². The Morgan fingerprint density at radius 3 is 2.39 bits per heavy atom. The van der Waals surface area contributed by atoms with E-state index in [1.54, 1.807) is 0 Å². The SMILES string of the molecule is CCNc1ncc(Cl)c(NC(CO)(CO)CO)n1. The highest BCUT2D eigenvalue weighted by molar-refractivity contribution is 6.32. The van der Waals surface area contributed by atoms with Crippen LogP contribution in [0, 0.1) is 0 Å². The summed E-state index contributed by atoms with van der Waals surface area (Å²) in [5.41, 5.74) is -1.28. The minimum absolute atomic E-state index is 0.233. The van der Waals surface area contributed by atoms with Gasteiger partial charge in [0.1, 0.15) is 10.6 Å². The molecule has 1 aromatic rings. The molecule has 0 radical (unpaired) electrons. The fourth-order valence-electron chi connectivity index (χ4n) is 1.22. The van der Waals surface area contributed by atoms with E-state index >= 15 is 0 Å². The molecular formula is C10H17ClN4O3. The first-order chi connectivity index (χ1) is 8.60. The van der Waals surface area contributed by atoms with Crippen molar-refractivity contribution >= 4 is 23.4 Å². The average Bonchev–Trinajstić information content (AvgIpc) is 2.40. The van der Waals surface area contributed by atoms with Crippen LogP contribution in [0.4, 0.5) is 11.8 Å². The van der Waals surface area contributed by atoms with Gasteiger partial charge in [0.15, 0.2) is 5.82 Å². The van der Waals surface area contributed by atoms with Crippen LogP contribution in [0.1, 0.15) is 6.92 Å². The van der Waals surface area contributed by atoms with Gasteiger partial charge in [-0.3, -0.25) is 0 Å². The van der Waals surface area contributed by atoms with E-state index in [2.05, 4.69) is 20.6 Å². The molecule has 102 valence electrons. The van der Waals surface area contributed by atoms with E-state index in [4.69, 9.17) is 11.6 Å². The van der Waals surface area contributed by atoms with Crippen molar-refractivity contribution < 1.29 is 15.3 Å². The summed E-state index contributed by atoms with van der Waals surface area (Å²) in [5, 5.41) is 33.5. The third-order valence-electron chi connectivity index (χ3n) is 2.37. The van der Waals surface area contributed by atoms with Gasteiger partial charge >= 0.3 is 0 Å². The second-order valence-corrected chi connectivity index (χ2v) is 4.21. The van der Waals surface area contributed by atoms with Gasteiger partial charge < -0.3 is 26.0 Å². The Bertz CT molecular complexity index is 379. The maximum absolute atomic E-state index is 9.22.